The minimum atomic E-state index is -0.479. The minimum absolute atomic E-state index is 0.0593. The fourth-order valence-corrected chi connectivity index (χ4v) is 2.57. The number of nitrogens with zero attached hydrogens (tertiary/aromatic N) is 4. The second kappa shape index (κ2) is 6.21. The van der Waals surface area contributed by atoms with Crippen LogP contribution in [0.15, 0.2) is 4.73 Å². The van der Waals surface area contributed by atoms with E-state index in [0.29, 0.717) is 11.3 Å². The van der Waals surface area contributed by atoms with Crippen LogP contribution in [0.3, 0.4) is 0 Å². The highest BCUT2D eigenvalue weighted by Gasteiger charge is 2.26. The molecule has 0 radical (unpaired) electrons. The lowest BCUT2D eigenvalue weighted by atomic mass is 10.1. The quantitative estimate of drug-likeness (QED) is 0.874. The molecule has 21 heavy (non-hydrogen) atoms. The van der Waals surface area contributed by atoms with Gasteiger partial charge in [-0.3, -0.25) is 4.57 Å². The lowest BCUT2D eigenvalue weighted by Gasteiger charge is -2.33. The van der Waals surface area contributed by atoms with Crippen molar-refractivity contribution in [2.24, 2.45) is 7.05 Å². The molecule has 8 heteroatoms. The number of hydrogen-bond acceptors (Lipinski definition) is 5. The van der Waals surface area contributed by atoms with E-state index in [9.17, 15) is 4.79 Å². The Morgan fingerprint density at radius 3 is 2.71 bits per heavy atom. The van der Waals surface area contributed by atoms with Gasteiger partial charge in [0.1, 0.15) is 5.60 Å². The van der Waals surface area contributed by atoms with Crippen molar-refractivity contribution in [3.8, 4) is 0 Å². The molecule has 0 saturated carbocycles. The Bertz CT molecular complexity index is 511. The second-order valence-electron chi connectivity index (χ2n) is 6.26. The number of rotatable bonds is 2. The van der Waals surface area contributed by atoms with E-state index in [-0.39, 0.29) is 12.1 Å². The molecule has 1 fully saturated rings. The Hall–Kier alpha value is -1.31. The standard InChI is InChI=1S/C13H22BrN5O2/c1-13(2,3)21-12(20)15-9-6-5-7-19(8-9)11-17-16-10(14)18(11)4/h9H,5-8H2,1-4H3,(H,15,20)/t9-/m1/s1. The molecule has 118 valence electrons. The lowest BCUT2D eigenvalue weighted by Crippen LogP contribution is -2.49. The number of aromatic nitrogens is 3. The Morgan fingerprint density at radius 1 is 1.43 bits per heavy atom. The second-order valence-corrected chi connectivity index (χ2v) is 6.97. The van der Waals surface area contributed by atoms with Gasteiger partial charge in [-0.25, -0.2) is 4.79 Å². The van der Waals surface area contributed by atoms with Crippen LogP contribution in [0.1, 0.15) is 33.6 Å². The third-order valence-electron chi connectivity index (χ3n) is 3.22. The van der Waals surface area contributed by atoms with Crippen molar-refractivity contribution in [3.05, 3.63) is 4.73 Å². The first-order valence-electron chi connectivity index (χ1n) is 7.05. The van der Waals surface area contributed by atoms with Gasteiger partial charge >= 0.3 is 6.09 Å². The molecule has 0 bridgehead atoms. The van der Waals surface area contributed by atoms with Crippen molar-refractivity contribution in [1.29, 1.82) is 0 Å². The van der Waals surface area contributed by atoms with Gasteiger partial charge in [0.15, 0.2) is 0 Å². The molecule has 7 nitrogen and oxygen atoms in total. The number of ether oxygens (including phenoxy) is 1. The zero-order chi connectivity index (χ0) is 15.6. The summed E-state index contributed by atoms with van der Waals surface area (Å²) in [6.07, 6.45) is 1.56. The van der Waals surface area contributed by atoms with Crippen molar-refractivity contribution in [1.82, 2.24) is 20.1 Å². The Labute approximate surface area is 133 Å². The summed E-state index contributed by atoms with van der Waals surface area (Å²) in [7, 11) is 1.91. The number of carbonyl (C=O) groups is 1. The number of halogens is 1. The number of carbonyl (C=O) groups excluding carboxylic acids is 1. The topological polar surface area (TPSA) is 72.3 Å². The molecule has 1 N–H and O–H groups in total. The largest absolute Gasteiger partial charge is 0.444 e. The Balaban J connectivity index is 1.95. The van der Waals surface area contributed by atoms with Gasteiger partial charge in [-0.2, -0.15) is 0 Å². The third-order valence-corrected chi connectivity index (χ3v) is 3.91. The third kappa shape index (κ3) is 4.33. The average molecular weight is 360 g/mol. The predicted octanol–water partition coefficient (Wildman–Crippen LogP) is 2.07. The highest BCUT2D eigenvalue weighted by molar-refractivity contribution is 9.10. The SMILES string of the molecule is Cn1c(Br)nnc1N1CCC[C@@H](NC(=O)OC(C)(C)C)C1. The van der Waals surface area contributed by atoms with E-state index >= 15 is 0 Å². The van der Waals surface area contributed by atoms with E-state index in [1.807, 2.05) is 32.4 Å². The molecule has 0 aliphatic carbocycles. The lowest BCUT2D eigenvalue weighted by molar-refractivity contribution is 0.0500. The molecule has 0 aromatic carbocycles. The van der Waals surface area contributed by atoms with Crippen LogP contribution < -0.4 is 10.2 Å². The van der Waals surface area contributed by atoms with Crippen LogP contribution in [-0.2, 0) is 11.8 Å². The molecule has 1 aromatic rings. The molecule has 1 saturated heterocycles. The van der Waals surface area contributed by atoms with Gasteiger partial charge in [-0.05, 0) is 49.5 Å². The Kier molecular flexibility index (Phi) is 4.75. The van der Waals surface area contributed by atoms with E-state index in [0.717, 1.165) is 25.3 Å². The molecule has 0 spiro atoms. The molecular formula is C13H22BrN5O2. The molecule has 1 aliphatic rings. The molecule has 0 unspecified atom stereocenters. The van der Waals surface area contributed by atoms with Crippen LogP contribution in [-0.4, -0.2) is 45.6 Å². The minimum Gasteiger partial charge on any atom is -0.444 e. The number of amides is 1. The van der Waals surface area contributed by atoms with Crippen molar-refractivity contribution in [3.63, 3.8) is 0 Å². The van der Waals surface area contributed by atoms with Crippen LogP contribution in [0.2, 0.25) is 0 Å². The first kappa shape index (κ1) is 16.1. The number of alkyl carbamates (subject to hydrolysis) is 1. The molecule has 1 atom stereocenters. The predicted molar refractivity (Wildman–Crippen MR) is 83.3 cm³/mol. The van der Waals surface area contributed by atoms with Crippen molar-refractivity contribution >= 4 is 28.0 Å². The van der Waals surface area contributed by atoms with Crippen LogP contribution >= 0.6 is 15.9 Å². The molecule has 1 aromatic heterocycles. The van der Waals surface area contributed by atoms with Crippen LogP contribution in [0, 0.1) is 0 Å². The van der Waals surface area contributed by atoms with Gasteiger partial charge in [0.2, 0.25) is 10.7 Å². The normalized spacial score (nSPS) is 19.5. The first-order chi connectivity index (χ1) is 9.76. The fraction of sp³-hybridized carbons (Fsp3) is 0.769. The van der Waals surface area contributed by atoms with Crippen molar-refractivity contribution in [2.45, 2.75) is 45.3 Å². The van der Waals surface area contributed by atoms with E-state index in [1.165, 1.54) is 0 Å². The van der Waals surface area contributed by atoms with Crippen LogP contribution in [0.25, 0.3) is 0 Å². The molecule has 1 aliphatic heterocycles. The average Bonchev–Trinajstić information content (AvgIpc) is 2.68. The van der Waals surface area contributed by atoms with E-state index < -0.39 is 5.60 Å². The maximum Gasteiger partial charge on any atom is 0.407 e. The summed E-state index contributed by atoms with van der Waals surface area (Å²) in [6.45, 7) is 7.19. The Morgan fingerprint density at radius 2 is 2.14 bits per heavy atom. The fourth-order valence-electron chi connectivity index (χ4n) is 2.33. The summed E-state index contributed by atoms with van der Waals surface area (Å²) in [4.78, 5) is 14.0. The van der Waals surface area contributed by atoms with Crippen molar-refractivity contribution in [2.75, 3.05) is 18.0 Å². The van der Waals surface area contributed by atoms with E-state index in [1.54, 1.807) is 0 Å². The van der Waals surface area contributed by atoms with Gasteiger partial charge in [0.05, 0.1) is 0 Å². The summed E-state index contributed by atoms with van der Waals surface area (Å²) in [6, 6.07) is 0.0593. The van der Waals surface area contributed by atoms with Gasteiger partial charge in [0, 0.05) is 26.2 Å². The molecule has 2 rings (SSSR count). The maximum atomic E-state index is 11.8. The van der Waals surface area contributed by atoms with Gasteiger partial charge in [-0.15, -0.1) is 10.2 Å². The number of piperidine rings is 1. The maximum absolute atomic E-state index is 11.8. The summed E-state index contributed by atoms with van der Waals surface area (Å²) in [5, 5.41) is 11.1. The summed E-state index contributed by atoms with van der Waals surface area (Å²) < 4.78 is 7.88. The summed E-state index contributed by atoms with van der Waals surface area (Å²) in [5.41, 5.74) is -0.479. The zero-order valence-electron chi connectivity index (χ0n) is 12.9. The highest BCUT2D eigenvalue weighted by atomic mass is 79.9. The molecule has 2 heterocycles. The van der Waals surface area contributed by atoms with E-state index in [4.69, 9.17) is 4.74 Å². The summed E-state index contributed by atoms with van der Waals surface area (Å²) in [5.74, 6) is 0.803. The van der Waals surface area contributed by atoms with Gasteiger partial charge in [0.25, 0.3) is 0 Å². The van der Waals surface area contributed by atoms with E-state index in [2.05, 4.69) is 36.3 Å². The zero-order valence-corrected chi connectivity index (χ0v) is 14.5. The van der Waals surface area contributed by atoms with Crippen LogP contribution in [0.5, 0.6) is 0 Å². The molecular weight excluding hydrogens is 338 g/mol. The highest BCUT2D eigenvalue weighted by Crippen LogP contribution is 2.20. The number of hydrogen-bond donors (Lipinski definition) is 1. The first-order valence-corrected chi connectivity index (χ1v) is 7.85. The van der Waals surface area contributed by atoms with Crippen LogP contribution in [0.4, 0.5) is 10.7 Å². The van der Waals surface area contributed by atoms with Gasteiger partial charge < -0.3 is 15.0 Å². The number of nitrogens with one attached hydrogen (secondary N) is 1. The van der Waals surface area contributed by atoms with Crippen molar-refractivity contribution < 1.29 is 9.53 Å². The monoisotopic (exact) mass is 359 g/mol. The summed E-state index contributed by atoms with van der Waals surface area (Å²) >= 11 is 3.34. The van der Waals surface area contributed by atoms with Gasteiger partial charge in [-0.1, -0.05) is 0 Å². The number of anilines is 1. The smallest absolute Gasteiger partial charge is 0.407 e. The molecule has 1 amide bonds.